The van der Waals surface area contributed by atoms with Crippen molar-refractivity contribution in [3.63, 3.8) is 0 Å². The van der Waals surface area contributed by atoms with Gasteiger partial charge in [-0.2, -0.15) is 0 Å². The van der Waals surface area contributed by atoms with Gasteiger partial charge in [0.2, 0.25) is 0 Å². The number of pyridine rings is 1. The topological polar surface area (TPSA) is 48.1 Å². The lowest BCUT2D eigenvalue weighted by atomic mass is 9.81. The maximum absolute atomic E-state index is 14.7. The lowest BCUT2D eigenvalue weighted by Crippen LogP contribution is -2.34. The smallest absolute Gasteiger partial charge is 0.156 e. The van der Waals surface area contributed by atoms with Gasteiger partial charge in [-0.25, -0.2) is 4.39 Å². The van der Waals surface area contributed by atoms with Crippen molar-refractivity contribution in [3.05, 3.63) is 24.0 Å². The zero-order valence-electron chi connectivity index (χ0n) is 9.45. The number of nitrogens with two attached hydrogens (primary N) is 1. The molecule has 0 aliphatic heterocycles. The van der Waals surface area contributed by atoms with Crippen LogP contribution in [-0.4, -0.2) is 18.1 Å². The second kappa shape index (κ2) is 4.37. The van der Waals surface area contributed by atoms with Crippen LogP contribution in [0.3, 0.4) is 0 Å². The van der Waals surface area contributed by atoms with Crippen molar-refractivity contribution < 1.29 is 9.13 Å². The van der Waals surface area contributed by atoms with Crippen LogP contribution in [0.2, 0.25) is 0 Å². The molecule has 88 valence electrons. The van der Waals surface area contributed by atoms with E-state index in [-0.39, 0.29) is 6.04 Å². The molecule has 0 atom stereocenters. The van der Waals surface area contributed by atoms with Crippen LogP contribution in [0.4, 0.5) is 4.39 Å². The molecule has 2 rings (SSSR count). The van der Waals surface area contributed by atoms with Gasteiger partial charge in [0.15, 0.2) is 5.67 Å². The number of hydrogen-bond acceptors (Lipinski definition) is 3. The monoisotopic (exact) mass is 224 g/mol. The SMILES string of the molecule is COc1cccnc1C1(F)CCC(N)CC1. The van der Waals surface area contributed by atoms with E-state index in [0.717, 1.165) is 0 Å². The number of ether oxygens (including phenoxy) is 1. The summed E-state index contributed by atoms with van der Waals surface area (Å²) >= 11 is 0. The highest BCUT2D eigenvalue weighted by Crippen LogP contribution is 2.42. The average molecular weight is 224 g/mol. The normalized spacial score (nSPS) is 30.1. The van der Waals surface area contributed by atoms with Crippen molar-refractivity contribution in [2.75, 3.05) is 7.11 Å². The van der Waals surface area contributed by atoms with Crippen molar-refractivity contribution >= 4 is 0 Å². The average Bonchev–Trinajstić information content (AvgIpc) is 2.33. The van der Waals surface area contributed by atoms with Gasteiger partial charge in [0.25, 0.3) is 0 Å². The molecular formula is C12H17FN2O. The minimum absolute atomic E-state index is 0.124. The van der Waals surface area contributed by atoms with Crippen molar-refractivity contribution in [1.29, 1.82) is 0 Å². The first-order valence-corrected chi connectivity index (χ1v) is 5.60. The van der Waals surface area contributed by atoms with Gasteiger partial charge in [0, 0.05) is 12.2 Å². The number of aromatic nitrogens is 1. The van der Waals surface area contributed by atoms with Gasteiger partial charge >= 0.3 is 0 Å². The zero-order chi connectivity index (χ0) is 11.6. The number of nitrogens with zero attached hydrogens (tertiary/aromatic N) is 1. The van der Waals surface area contributed by atoms with Gasteiger partial charge in [0.1, 0.15) is 11.4 Å². The van der Waals surface area contributed by atoms with Gasteiger partial charge in [-0.1, -0.05) is 0 Å². The van der Waals surface area contributed by atoms with E-state index in [0.29, 0.717) is 37.1 Å². The Balaban J connectivity index is 2.28. The number of halogens is 1. The van der Waals surface area contributed by atoms with Crippen molar-refractivity contribution in [1.82, 2.24) is 4.98 Å². The van der Waals surface area contributed by atoms with Crippen LogP contribution in [0, 0.1) is 0 Å². The molecule has 2 N–H and O–H groups in total. The van der Waals surface area contributed by atoms with Crippen LogP contribution in [0.15, 0.2) is 18.3 Å². The third-order valence-corrected chi connectivity index (χ3v) is 3.24. The summed E-state index contributed by atoms with van der Waals surface area (Å²) in [7, 11) is 1.54. The fraction of sp³-hybridized carbons (Fsp3) is 0.583. The second-order valence-electron chi connectivity index (χ2n) is 4.36. The van der Waals surface area contributed by atoms with Crippen molar-refractivity contribution in [2.45, 2.75) is 37.4 Å². The first kappa shape index (κ1) is 11.3. The summed E-state index contributed by atoms with van der Waals surface area (Å²) < 4.78 is 19.9. The van der Waals surface area contributed by atoms with Crippen LogP contribution < -0.4 is 10.5 Å². The van der Waals surface area contributed by atoms with Crippen molar-refractivity contribution in [3.8, 4) is 5.75 Å². The van der Waals surface area contributed by atoms with Crippen LogP contribution in [0.1, 0.15) is 31.4 Å². The van der Waals surface area contributed by atoms with E-state index < -0.39 is 5.67 Å². The van der Waals surface area contributed by atoms with E-state index in [1.54, 1.807) is 25.4 Å². The molecule has 1 aliphatic carbocycles. The number of hydrogen-bond donors (Lipinski definition) is 1. The molecule has 0 unspecified atom stereocenters. The van der Waals surface area contributed by atoms with Crippen LogP contribution >= 0.6 is 0 Å². The fourth-order valence-corrected chi connectivity index (χ4v) is 2.23. The molecule has 4 heteroatoms. The summed E-state index contributed by atoms with van der Waals surface area (Å²) in [5.74, 6) is 0.528. The third kappa shape index (κ3) is 2.02. The molecule has 0 saturated heterocycles. The molecule has 1 aromatic heterocycles. The van der Waals surface area contributed by atoms with E-state index >= 15 is 0 Å². The Morgan fingerprint density at radius 3 is 2.81 bits per heavy atom. The molecule has 0 spiro atoms. The summed E-state index contributed by atoms with van der Waals surface area (Å²) in [5, 5.41) is 0. The molecule has 1 fully saturated rings. The molecule has 1 aromatic rings. The highest BCUT2D eigenvalue weighted by molar-refractivity contribution is 5.32. The third-order valence-electron chi connectivity index (χ3n) is 3.24. The molecule has 0 radical (unpaired) electrons. The van der Waals surface area contributed by atoms with Gasteiger partial charge in [-0.3, -0.25) is 4.98 Å². The predicted octanol–water partition coefficient (Wildman–Crippen LogP) is 2.16. The number of alkyl halides is 1. The van der Waals surface area contributed by atoms with Gasteiger partial charge < -0.3 is 10.5 Å². The summed E-state index contributed by atoms with van der Waals surface area (Å²) in [4.78, 5) is 4.13. The molecule has 1 heterocycles. The molecule has 0 amide bonds. The quantitative estimate of drug-likeness (QED) is 0.837. The lowest BCUT2D eigenvalue weighted by Gasteiger charge is -2.32. The zero-order valence-corrected chi connectivity index (χ0v) is 9.45. The lowest BCUT2D eigenvalue weighted by molar-refractivity contribution is 0.0894. The van der Waals surface area contributed by atoms with E-state index in [4.69, 9.17) is 10.5 Å². The largest absolute Gasteiger partial charge is 0.495 e. The second-order valence-corrected chi connectivity index (χ2v) is 4.36. The van der Waals surface area contributed by atoms with E-state index in [1.807, 2.05) is 0 Å². The van der Waals surface area contributed by atoms with Gasteiger partial charge in [-0.15, -0.1) is 0 Å². The first-order valence-electron chi connectivity index (χ1n) is 5.60. The molecule has 16 heavy (non-hydrogen) atoms. The summed E-state index contributed by atoms with van der Waals surface area (Å²) in [6.07, 6.45) is 3.88. The van der Waals surface area contributed by atoms with E-state index in [1.165, 1.54) is 0 Å². The Kier molecular flexibility index (Phi) is 3.10. The Morgan fingerprint density at radius 1 is 1.50 bits per heavy atom. The van der Waals surface area contributed by atoms with Crippen LogP contribution in [-0.2, 0) is 5.67 Å². The highest BCUT2D eigenvalue weighted by atomic mass is 19.1. The fourth-order valence-electron chi connectivity index (χ4n) is 2.23. The maximum atomic E-state index is 14.7. The molecule has 1 saturated carbocycles. The molecular weight excluding hydrogens is 207 g/mol. The minimum atomic E-state index is -1.37. The van der Waals surface area contributed by atoms with Gasteiger partial charge in [0.05, 0.1) is 7.11 Å². The minimum Gasteiger partial charge on any atom is -0.495 e. The predicted molar refractivity (Wildman–Crippen MR) is 60.0 cm³/mol. The Bertz CT molecular complexity index is 362. The first-order chi connectivity index (χ1) is 7.65. The molecule has 0 bridgehead atoms. The maximum Gasteiger partial charge on any atom is 0.156 e. The standard InChI is InChI=1S/C12H17FN2O/c1-16-10-3-2-8-15-11(10)12(13)6-4-9(14)5-7-12/h2-3,8-9H,4-7,14H2,1H3. The summed E-state index contributed by atoms with van der Waals surface area (Å²) in [5.41, 5.74) is 4.83. The van der Waals surface area contributed by atoms with Crippen molar-refractivity contribution in [2.24, 2.45) is 5.73 Å². The van der Waals surface area contributed by atoms with Crippen LogP contribution in [0.5, 0.6) is 5.75 Å². The van der Waals surface area contributed by atoms with Crippen LogP contribution in [0.25, 0.3) is 0 Å². The summed E-state index contributed by atoms with van der Waals surface area (Å²) in [6.45, 7) is 0. The number of methoxy groups -OCH3 is 1. The highest BCUT2D eigenvalue weighted by Gasteiger charge is 2.39. The molecule has 0 aromatic carbocycles. The Morgan fingerprint density at radius 2 is 2.19 bits per heavy atom. The molecule has 1 aliphatic rings. The van der Waals surface area contributed by atoms with Gasteiger partial charge in [-0.05, 0) is 37.8 Å². The number of rotatable bonds is 2. The molecule has 3 nitrogen and oxygen atoms in total. The van der Waals surface area contributed by atoms with E-state index in [9.17, 15) is 4.39 Å². The Hall–Kier alpha value is -1.16. The summed E-state index contributed by atoms with van der Waals surface area (Å²) in [6, 6.07) is 3.62. The Labute approximate surface area is 94.8 Å². The van der Waals surface area contributed by atoms with E-state index in [2.05, 4.69) is 4.98 Å².